The Morgan fingerprint density at radius 2 is 2.04 bits per heavy atom. The van der Waals surface area contributed by atoms with Gasteiger partial charge in [-0.05, 0) is 38.1 Å². The third kappa shape index (κ3) is 3.34. The van der Waals surface area contributed by atoms with Gasteiger partial charge in [0.05, 0.1) is 23.7 Å². The average Bonchev–Trinajstić information content (AvgIpc) is 2.53. The molecule has 2 aromatic rings. The van der Waals surface area contributed by atoms with E-state index in [1.54, 1.807) is 31.4 Å². The lowest BCUT2D eigenvalue weighted by molar-refractivity contribution is 0.0617. The Hall–Kier alpha value is -2.20. The minimum Gasteiger partial charge on any atom is -0.497 e. The number of amides is 1. The Labute approximate surface area is 146 Å². The second kappa shape index (κ2) is 6.36. The summed E-state index contributed by atoms with van der Waals surface area (Å²) in [6.45, 7) is 4.01. The predicted molar refractivity (Wildman–Crippen MR) is 94.0 cm³/mol. The number of carbonyl (C=O) groups excluding carboxylic acids is 1. The molecular formula is C19H20ClNO3. The van der Waals surface area contributed by atoms with Crippen LogP contribution in [0.25, 0.3) is 0 Å². The Bertz CT molecular complexity index is 773. The van der Waals surface area contributed by atoms with Gasteiger partial charge in [-0.25, -0.2) is 0 Å². The molecule has 0 bridgehead atoms. The second-order valence-electron chi connectivity index (χ2n) is 6.48. The zero-order chi connectivity index (χ0) is 17.3. The van der Waals surface area contributed by atoms with E-state index in [0.29, 0.717) is 17.0 Å². The maximum absolute atomic E-state index is 12.6. The van der Waals surface area contributed by atoms with Crippen molar-refractivity contribution >= 4 is 17.5 Å². The first kappa shape index (κ1) is 16.7. The lowest BCUT2D eigenvalue weighted by Gasteiger charge is -2.38. The van der Waals surface area contributed by atoms with Gasteiger partial charge in [-0.2, -0.15) is 0 Å². The average molecular weight is 346 g/mol. The maximum Gasteiger partial charge on any atom is 0.253 e. The molecule has 1 aliphatic rings. The molecule has 0 aromatic heterocycles. The van der Waals surface area contributed by atoms with Crippen LogP contribution in [0, 0.1) is 0 Å². The summed E-state index contributed by atoms with van der Waals surface area (Å²) in [6.07, 6.45) is 0.669. The molecule has 0 aliphatic carbocycles. The van der Waals surface area contributed by atoms with Gasteiger partial charge < -0.3 is 14.8 Å². The summed E-state index contributed by atoms with van der Waals surface area (Å²) in [7, 11) is 1.62. The summed E-state index contributed by atoms with van der Waals surface area (Å²) in [5.74, 6) is 1.27. The van der Waals surface area contributed by atoms with Crippen molar-refractivity contribution < 1.29 is 14.3 Å². The molecule has 2 aromatic carbocycles. The molecule has 0 fully saturated rings. The number of ether oxygens (including phenoxy) is 2. The quantitative estimate of drug-likeness (QED) is 0.898. The van der Waals surface area contributed by atoms with Crippen LogP contribution < -0.4 is 14.8 Å². The number of benzene rings is 2. The van der Waals surface area contributed by atoms with Crippen molar-refractivity contribution in [1.29, 1.82) is 0 Å². The summed E-state index contributed by atoms with van der Waals surface area (Å²) >= 11 is 6.13. The number of hydrogen-bond donors (Lipinski definition) is 1. The molecule has 0 radical (unpaired) electrons. The molecule has 24 heavy (non-hydrogen) atoms. The fourth-order valence-electron chi connectivity index (χ4n) is 2.97. The van der Waals surface area contributed by atoms with E-state index < -0.39 is 5.60 Å². The third-order valence-electron chi connectivity index (χ3n) is 4.10. The van der Waals surface area contributed by atoms with Crippen LogP contribution in [0.5, 0.6) is 11.5 Å². The van der Waals surface area contributed by atoms with Crippen LogP contribution in [-0.2, 0) is 0 Å². The first-order valence-corrected chi connectivity index (χ1v) is 8.20. The van der Waals surface area contributed by atoms with E-state index in [-0.39, 0.29) is 11.9 Å². The molecule has 5 heteroatoms. The minimum absolute atomic E-state index is 0.154. The van der Waals surface area contributed by atoms with E-state index in [9.17, 15) is 4.79 Å². The smallest absolute Gasteiger partial charge is 0.253 e. The number of halogens is 1. The highest BCUT2D eigenvalue weighted by molar-refractivity contribution is 6.33. The molecule has 126 valence electrons. The van der Waals surface area contributed by atoms with E-state index in [1.165, 1.54) is 0 Å². The fourth-order valence-corrected chi connectivity index (χ4v) is 3.19. The molecule has 3 rings (SSSR count). The van der Waals surface area contributed by atoms with E-state index >= 15 is 0 Å². The Morgan fingerprint density at radius 1 is 1.29 bits per heavy atom. The monoisotopic (exact) mass is 345 g/mol. The normalized spacial score (nSPS) is 18.2. The Balaban J connectivity index is 1.91. The zero-order valence-electron chi connectivity index (χ0n) is 13.9. The molecule has 1 heterocycles. The van der Waals surface area contributed by atoms with Crippen molar-refractivity contribution in [1.82, 2.24) is 5.32 Å². The highest BCUT2D eigenvalue weighted by Crippen LogP contribution is 2.41. The van der Waals surface area contributed by atoms with Crippen LogP contribution in [0.15, 0.2) is 42.5 Å². The highest BCUT2D eigenvalue weighted by Gasteiger charge is 2.35. The first-order chi connectivity index (χ1) is 11.4. The number of carbonyl (C=O) groups is 1. The molecular weight excluding hydrogens is 326 g/mol. The van der Waals surface area contributed by atoms with Crippen LogP contribution in [0.2, 0.25) is 5.02 Å². The lowest BCUT2D eigenvalue weighted by Crippen LogP contribution is -2.41. The van der Waals surface area contributed by atoms with Crippen molar-refractivity contribution in [3.63, 3.8) is 0 Å². The number of nitrogens with one attached hydrogen (secondary N) is 1. The van der Waals surface area contributed by atoms with Gasteiger partial charge >= 0.3 is 0 Å². The van der Waals surface area contributed by atoms with Crippen molar-refractivity contribution in [2.75, 3.05) is 7.11 Å². The summed E-state index contributed by atoms with van der Waals surface area (Å²) in [5, 5.41) is 3.52. The highest BCUT2D eigenvalue weighted by atomic mass is 35.5. The molecule has 1 N–H and O–H groups in total. The molecule has 0 saturated carbocycles. The van der Waals surface area contributed by atoms with Gasteiger partial charge in [-0.3, -0.25) is 4.79 Å². The minimum atomic E-state index is -0.391. The summed E-state index contributed by atoms with van der Waals surface area (Å²) in [6, 6.07) is 12.5. The van der Waals surface area contributed by atoms with Gasteiger partial charge in [0.2, 0.25) is 0 Å². The Morgan fingerprint density at radius 3 is 2.75 bits per heavy atom. The molecule has 1 atom stereocenters. The molecule has 1 aliphatic heterocycles. The number of hydrogen-bond acceptors (Lipinski definition) is 3. The summed E-state index contributed by atoms with van der Waals surface area (Å²) in [5.41, 5.74) is 1.02. The molecule has 0 saturated heterocycles. The Kier molecular flexibility index (Phi) is 4.41. The molecule has 1 unspecified atom stereocenters. The van der Waals surface area contributed by atoms with Crippen molar-refractivity contribution in [3.05, 3.63) is 58.6 Å². The van der Waals surface area contributed by atoms with Gasteiger partial charge in [0.25, 0.3) is 5.91 Å². The van der Waals surface area contributed by atoms with Gasteiger partial charge in [0, 0.05) is 18.1 Å². The van der Waals surface area contributed by atoms with E-state index in [1.807, 2.05) is 32.0 Å². The third-order valence-corrected chi connectivity index (χ3v) is 4.43. The topological polar surface area (TPSA) is 47.6 Å². The van der Waals surface area contributed by atoms with Crippen molar-refractivity contribution in [3.8, 4) is 11.5 Å². The number of fused-ring (bicyclic) bond motifs is 1. The summed E-state index contributed by atoms with van der Waals surface area (Å²) < 4.78 is 11.3. The van der Waals surface area contributed by atoms with Crippen LogP contribution in [0.4, 0.5) is 0 Å². The van der Waals surface area contributed by atoms with Gasteiger partial charge in [-0.15, -0.1) is 0 Å². The lowest BCUT2D eigenvalue weighted by atomic mass is 9.89. The van der Waals surface area contributed by atoms with Gasteiger partial charge in [0.15, 0.2) is 0 Å². The molecule has 4 nitrogen and oxygen atoms in total. The van der Waals surface area contributed by atoms with E-state index in [4.69, 9.17) is 21.1 Å². The number of methoxy groups -OCH3 is 1. The van der Waals surface area contributed by atoms with Crippen LogP contribution >= 0.6 is 11.6 Å². The largest absolute Gasteiger partial charge is 0.497 e. The standard InChI is InChI=1S/C19H20ClNO3/c1-19(2)11-16(14-9-8-12(23-3)10-17(14)24-19)21-18(22)13-6-4-5-7-15(13)20/h4-10,16H,11H2,1-3H3,(H,21,22). The molecule has 1 amide bonds. The van der Waals surface area contributed by atoms with Crippen molar-refractivity contribution in [2.24, 2.45) is 0 Å². The molecule has 0 spiro atoms. The fraction of sp³-hybridized carbons (Fsp3) is 0.316. The van der Waals surface area contributed by atoms with Crippen LogP contribution in [0.3, 0.4) is 0 Å². The van der Waals surface area contributed by atoms with Crippen LogP contribution in [-0.4, -0.2) is 18.6 Å². The van der Waals surface area contributed by atoms with Gasteiger partial charge in [0.1, 0.15) is 17.1 Å². The van der Waals surface area contributed by atoms with E-state index in [2.05, 4.69) is 5.32 Å². The summed E-state index contributed by atoms with van der Waals surface area (Å²) in [4.78, 5) is 12.6. The maximum atomic E-state index is 12.6. The van der Waals surface area contributed by atoms with Gasteiger partial charge in [-0.1, -0.05) is 23.7 Å². The number of rotatable bonds is 3. The second-order valence-corrected chi connectivity index (χ2v) is 6.88. The first-order valence-electron chi connectivity index (χ1n) is 7.82. The van der Waals surface area contributed by atoms with Crippen LogP contribution in [0.1, 0.15) is 42.2 Å². The SMILES string of the molecule is COc1ccc2c(c1)OC(C)(C)CC2NC(=O)c1ccccc1Cl. The van der Waals surface area contributed by atoms with E-state index in [0.717, 1.165) is 17.1 Å². The van der Waals surface area contributed by atoms with Crippen molar-refractivity contribution in [2.45, 2.75) is 31.9 Å². The zero-order valence-corrected chi connectivity index (χ0v) is 14.7. The predicted octanol–water partition coefficient (Wildman–Crippen LogP) is 4.38.